The fourth-order valence-electron chi connectivity index (χ4n) is 2.69. The number of benzene rings is 2. The van der Waals surface area contributed by atoms with Crippen molar-refractivity contribution in [2.75, 3.05) is 28.4 Å². The average molecular weight is 369 g/mol. The number of methoxy groups -OCH3 is 4. The zero-order valence-corrected chi connectivity index (χ0v) is 15.4. The highest BCUT2D eigenvalue weighted by molar-refractivity contribution is 6.13. The van der Waals surface area contributed by atoms with E-state index >= 15 is 0 Å². The second-order valence-electron chi connectivity index (χ2n) is 5.50. The molecule has 0 aliphatic carbocycles. The van der Waals surface area contributed by atoms with Crippen LogP contribution in [-0.4, -0.2) is 40.3 Å². The van der Waals surface area contributed by atoms with Gasteiger partial charge < -0.3 is 23.7 Å². The first-order valence-electron chi connectivity index (χ1n) is 8.07. The minimum absolute atomic E-state index is 0.158. The van der Waals surface area contributed by atoms with Crippen LogP contribution in [0.5, 0.6) is 23.0 Å². The summed E-state index contributed by atoms with van der Waals surface area (Å²) in [6.45, 7) is 0. The molecule has 0 unspecified atom stereocenters. The number of hydrogen-bond donors (Lipinski definition) is 0. The van der Waals surface area contributed by atoms with Gasteiger partial charge in [0.1, 0.15) is 5.75 Å². The summed E-state index contributed by atoms with van der Waals surface area (Å²) >= 11 is 0. The van der Waals surface area contributed by atoms with Crippen molar-refractivity contribution < 1.29 is 28.5 Å². The van der Waals surface area contributed by atoms with E-state index in [-0.39, 0.29) is 11.6 Å². The Kier molecular flexibility index (Phi) is 5.30. The van der Waals surface area contributed by atoms with Gasteiger partial charge in [-0.05, 0) is 35.9 Å². The first kappa shape index (κ1) is 18.3. The van der Waals surface area contributed by atoms with Crippen LogP contribution in [0.15, 0.2) is 47.1 Å². The Morgan fingerprint density at radius 2 is 1.52 bits per heavy atom. The zero-order valence-electron chi connectivity index (χ0n) is 15.4. The van der Waals surface area contributed by atoms with E-state index in [9.17, 15) is 4.79 Å². The van der Waals surface area contributed by atoms with Crippen molar-refractivity contribution >= 4 is 17.9 Å². The highest BCUT2D eigenvalue weighted by Gasteiger charge is 2.26. The van der Waals surface area contributed by atoms with E-state index in [4.69, 9.17) is 23.7 Å². The Balaban J connectivity index is 2.02. The van der Waals surface area contributed by atoms with E-state index < -0.39 is 5.97 Å². The van der Waals surface area contributed by atoms with Crippen LogP contribution >= 0.6 is 0 Å². The third-order valence-electron chi connectivity index (χ3n) is 3.95. The molecule has 2 aromatic carbocycles. The summed E-state index contributed by atoms with van der Waals surface area (Å²) in [5, 5.41) is 0. The number of rotatable bonds is 6. The van der Waals surface area contributed by atoms with Crippen LogP contribution in [0.1, 0.15) is 11.1 Å². The molecule has 27 heavy (non-hydrogen) atoms. The molecular formula is C20H19NO6. The maximum atomic E-state index is 12.3. The molecule has 2 aromatic rings. The number of carbonyl (C=O) groups is 1. The summed E-state index contributed by atoms with van der Waals surface area (Å²) in [6.07, 6.45) is 1.59. The molecule has 0 atom stereocenters. The van der Waals surface area contributed by atoms with Crippen molar-refractivity contribution in [1.29, 1.82) is 0 Å². The molecule has 0 saturated heterocycles. The van der Waals surface area contributed by atoms with Crippen LogP contribution in [-0.2, 0) is 9.53 Å². The summed E-state index contributed by atoms with van der Waals surface area (Å²) in [7, 11) is 6.12. The Labute approximate surface area is 156 Å². The third-order valence-corrected chi connectivity index (χ3v) is 3.95. The number of hydrogen-bond acceptors (Lipinski definition) is 7. The van der Waals surface area contributed by atoms with Gasteiger partial charge in [0.25, 0.3) is 0 Å². The molecule has 7 nitrogen and oxygen atoms in total. The Hall–Kier alpha value is -3.48. The Morgan fingerprint density at radius 3 is 2.11 bits per heavy atom. The average Bonchev–Trinajstić information content (AvgIpc) is 3.07. The van der Waals surface area contributed by atoms with Gasteiger partial charge in [-0.2, -0.15) is 0 Å². The van der Waals surface area contributed by atoms with E-state index in [2.05, 4.69) is 4.99 Å². The third kappa shape index (κ3) is 3.57. The number of nitrogens with zero attached hydrogens (tertiary/aromatic N) is 1. The maximum absolute atomic E-state index is 12.3. The smallest absolute Gasteiger partial charge is 0.363 e. The molecular weight excluding hydrogens is 350 g/mol. The predicted octanol–water partition coefficient (Wildman–Crippen LogP) is 3.07. The number of carbonyl (C=O) groups excluding carboxylic acids is 1. The lowest BCUT2D eigenvalue weighted by molar-refractivity contribution is -0.129. The van der Waals surface area contributed by atoms with Crippen LogP contribution in [0.2, 0.25) is 0 Å². The van der Waals surface area contributed by atoms with Gasteiger partial charge in [-0.1, -0.05) is 12.1 Å². The molecule has 140 valence electrons. The van der Waals surface area contributed by atoms with Gasteiger partial charge in [-0.15, -0.1) is 0 Å². The zero-order chi connectivity index (χ0) is 19.4. The summed E-state index contributed by atoms with van der Waals surface area (Å²) in [4.78, 5) is 16.6. The summed E-state index contributed by atoms with van der Waals surface area (Å²) in [6, 6.07) is 10.6. The van der Waals surface area contributed by atoms with Gasteiger partial charge in [0.05, 0.1) is 34.0 Å². The van der Waals surface area contributed by atoms with Crippen LogP contribution in [0, 0.1) is 0 Å². The molecule has 7 heteroatoms. The molecule has 1 heterocycles. The molecule has 0 N–H and O–H groups in total. The Bertz CT molecular complexity index is 907. The Morgan fingerprint density at radius 1 is 0.889 bits per heavy atom. The molecule has 0 saturated carbocycles. The van der Waals surface area contributed by atoms with Gasteiger partial charge in [0.15, 0.2) is 17.2 Å². The lowest BCUT2D eigenvalue weighted by Gasteiger charge is -2.12. The minimum atomic E-state index is -0.551. The second-order valence-corrected chi connectivity index (χ2v) is 5.50. The fraction of sp³-hybridized carbons (Fsp3) is 0.200. The van der Waals surface area contributed by atoms with Crippen LogP contribution in [0.25, 0.3) is 6.08 Å². The van der Waals surface area contributed by atoms with Crippen molar-refractivity contribution in [3.8, 4) is 23.0 Å². The van der Waals surface area contributed by atoms with Crippen molar-refractivity contribution in [2.24, 2.45) is 4.99 Å². The number of esters is 1. The standard InChI is InChI=1S/C20H19NO6/c1-23-15-8-6-5-7-13(15)19-21-14(20(22)27-19)9-12-10-16(24-2)18(26-4)17(11-12)25-3/h5-11H,1-4H3. The second kappa shape index (κ2) is 7.82. The van der Waals surface area contributed by atoms with Crippen molar-refractivity contribution in [2.45, 2.75) is 0 Å². The van der Waals surface area contributed by atoms with Gasteiger partial charge in [-0.3, -0.25) is 0 Å². The molecule has 0 aromatic heterocycles. The van der Waals surface area contributed by atoms with Gasteiger partial charge in [-0.25, -0.2) is 9.79 Å². The van der Waals surface area contributed by atoms with Crippen LogP contribution in [0.3, 0.4) is 0 Å². The molecule has 0 radical (unpaired) electrons. The summed E-state index contributed by atoms with van der Waals surface area (Å²) < 4.78 is 26.6. The molecule has 1 aliphatic rings. The molecule has 0 fully saturated rings. The highest BCUT2D eigenvalue weighted by atomic mass is 16.6. The van der Waals surface area contributed by atoms with Crippen molar-refractivity contribution in [3.63, 3.8) is 0 Å². The summed E-state index contributed by atoms with van der Waals surface area (Å²) in [5.74, 6) is 1.63. The molecule has 0 spiro atoms. The number of ether oxygens (including phenoxy) is 5. The molecule has 3 rings (SSSR count). The van der Waals surface area contributed by atoms with E-state index in [1.807, 2.05) is 12.1 Å². The van der Waals surface area contributed by atoms with Crippen molar-refractivity contribution in [1.82, 2.24) is 0 Å². The lowest BCUT2D eigenvalue weighted by Crippen LogP contribution is -2.06. The lowest BCUT2D eigenvalue weighted by atomic mass is 10.1. The van der Waals surface area contributed by atoms with Crippen molar-refractivity contribution in [3.05, 3.63) is 53.2 Å². The predicted molar refractivity (Wildman–Crippen MR) is 99.7 cm³/mol. The largest absolute Gasteiger partial charge is 0.496 e. The van der Waals surface area contributed by atoms with Crippen LogP contribution < -0.4 is 18.9 Å². The van der Waals surface area contributed by atoms with E-state index in [1.54, 1.807) is 37.5 Å². The fourth-order valence-corrected chi connectivity index (χ4v) is 2.69. The van der Waals surface area contributed by atoms with E-state index in [1.165, 1.54) is 21.3 Å². The van der Waals surface area contributed by atoms with Gasteiger partial charge in [0.2, 0.25) is 11.6 Å². The monoisotopic (exact) mass is 369 g/mol. The van der Waals surface area contributed by atoms with Gasteiger partial charge in [0, 0.05) is 0 Å². The first-order valence-corrected chi connectivity index (χ1v) is 8.07. The quantitative estimate of drug-likeness (QED) is 0.575. The first-order chi connectivity index (χ1) is 13.1. The van der Waals surface area contributed by atoms with Gasteiger partial charge >= 0.3 is 5.97 Å². The molecule has 1 aliphatic heterocycles. The van der Waals surface area contributed by atoms with E-state index in [0.29, 0.717) is 34.1 Å². The number of para-hydroxylation sites is 1. The number of cyclic esters (lactones) is 1. The topological polar surface area (TPSA) is 75.6 Å². The summed E-state index contributed by atoms with van der Waals surface area (Å²) in [5.41, 5.74) is 1.41. The van der Waals surface area contributed by atoms with E-state index in [0.717, 1.165) is 0 Å². The minimum Gasteiger partial charge on any atom is -0.496 e. The maximum Gasteiger partial charge on any atom is 0.363 e. The molecule has 0 bridgehead atoms. The number of aliphatic imine (C=N–C) groups is 1. The highest BCUT2D eigenvalue weighted by Crippen LogP contribution is 2.39. The van der Waals surface area contributed by atoms with Crippen LogP contribution in [0.4, 0.5) is 0 Å². The normalized spacial score (nSPS) is 14.6. The molecule has 0 amide bonds. The SMILES string of the molecule is COc1ccccc1C1=NC(=Cc2cc(OC)c(OC)c(OC)c2)C(=O)O1.